The molecule has 3 N–H and O–H groups in total. The van der Waals surface area contributed by atoms with Gasteiger partial charge < -0.3 is 5.73 Å². The first kappa shape index (κ1) is 14.8. The lowest BCUT2D eigenvalue weighted by Crippen LogP contribution is -2.19. The summed E-state index contributed by atoms with van der Waals surface area (Å²) < 4.78 is 4.41. The van der Waals surface area contributed by atoms with Crippen LogP contribution in [0.25, 0.3) is 21.5 Å². The number of nitrogen functional groups attached to an aromatic ring is 1. The van der Waals surface area contributed by atoms with Gasteiger partial charge in [0.05, 0.1) is 6.21 Å². The van der Waals surface area contributed by atoms with Crippen LogP contribution in [0.4, 0.5) is 5.82 Å². The Kier molecular flexibility index (Phi) is 3.59. The monoisotopic (exact) mass is 331 g/mol. The number of fused-ring (bicyclic) bond motifs is 2. The maximum Gasteiger partial charge on any atom is 0.297 e. The van der Waals surface area contributed by atoms with Crippen molar-refractivity contribution in [2.75, 3.05) is 5.73 Å². The summed E-state index contributed by atoms with van der Waals surface area (Å²) in [6.45, 7) is 0. The van der Waals surface area contributed by atoms with E-state index in [-0.39, 0.29) is 11.5 Å². The van der Waals surface area contributed by atoms with Gasteiger partial charge in [-0.1, -0.05) is 48.5 Å². The fraction of sp³-hybridized carbons (Fsp3) is 0. The molecule has 1 amide bonds. The zero-order valence-electron chi connectivity index (χ0n) is 13.0. The standard InChI is InChI=1S/C18H13N5O2/c19-17-16(22-25-23-17)18(24)21-20-10-15-13-7-3-1-5-11(13)9-12-6-2-4-8-14(12)15/h1-10H,(H2,19,23)(H,21,24)/b20-10-. The van der Waals surface area contributed by atoms with Crippen LogP contribution in [0.1, 0.15) is 16.1 Å². The molecule has 0 saturated heterocycles. The minimum atomic E-state index is -0.584. The molecule has 1 heterocycles. The number of nitrogens with two attached hydrogens (primary N) is 1. The van der Waals surface area contributed by atoms with E-state index >= 15 is 0 Å². The summed E-state index contributed by atoms with van der Waals surface area (Å²) in [5.74, 6) is -0.664. The van der Waals surface area contributed by atoms with Gasteiger partial charge in [-0.15, -0.1) is 0 Å². The Bertz CT molecular complexity index is 1060. The highest BCUT2D eigenvalue weighted by Gasteiger charge is 2.15. The lowest BCUT2D eigenvalue weighted by atomic mass is 9.97. The second kappa shape index (κ2) is 6.04. The summed E-state index contributed by atoms with van der Waals surface area (Å²) in [5, 5.41) is 15.1. The third kappa shape index (κ3) is 2.67. The van der Waals surface area contributed by atoms with Gasteiger partial charge in [0.15, 0.2) is 0 Å². The van der Waals surface area contributed by atoms with E-state index in [0.29, 0.717) is 0 Å². The van der Waals surface area contributed by atoms with Crippen LogP contribution in [0.3, 0.4) is 0 Å². The molecule has 4 rings (SSSR count). The molecule has 0 aliphatic carbocycles. The summed E-state index contributed by atoms with van der Waals surface area (Å²) in [5.41, 5.74) is 8.70. The molecule has 122 valence electrons. The number of hydrogen-bond acceptors (Lipinski definition) is 6. The topological polar surface area (TPSA) is 106 Å². The smallest absolute Gasteiger partial charge is 0.297 e. The van der Waals surface area contributed by atoms with Crippen LogP contribution in [-0.4, -0.2) is 22.4 Å². The third-order valence-corrected chi connectivity index (χ3v) is 3.90. The van der Waals surface area contributed by atoms with Crippen molar-refractivity contribution in [1.82, 2.24) is 15.7 Å². The molecule has 25 heavy (non-hydrogen) atoms. The highest BCUT2D eigenvalue weighted by Crippen LogP contribution is 2.27. The molecular weight excluding hydrogens is 318 g/mol. The Morgan fingerprint density at radius 1 is 1.04 bits per heavy atom. The summed E-state index contributed by atoms with van der Waals surface area (Å²) >= 11 is 0. The van der Waals surface area contributed by atoms with Crippen molar-refractivity contribution in [1.29, 1.82) is 0 Å². The fourth-order valence-corrected chi connectivity index (χ4v) is 2.75. The molecule has 0 aliphatic heterocycles. The molecule has 0 radical (unpaired) electrons. The molecule has 7 heteroatoms. The van der Waals surface area contributed by atoms with Crippen molar-refractivity contribution in [2.45, 2.75) is 0 Å². The van der Waals surface area contributed by atoms with Crippen molar-refractivity contribution >= 4 is 39.5 Å². The van der Waals surface area contributed by atoms with Gasteiger partial charge in [0.2, 0.25) is 11.5 Å². The van der Waals surface area contributed by atoms with Crippen LogP contribution < -0.4 is 11.2 Å². The zero-order valence-corrected chi connectivity index (χ0v) is 13.0. The van der Waals surface area contributed by atoms with Gasteiger partial charge in [0.25, 0.3) is 5.91 Å². The van der Waals surface area contributed by atoms with E-state index < -0.39 is 5.91 Å². The van der Waals surface area contributed by atoms with Gasteiger partial charge in [-0.05, 0) is 37.9 Å². The van der Waals surface area contributed by atoms with Crippen LogP contribution >= 0.6 is 0 Å². The second-order valence-electron chi connectivity index (χ2n) is 5.43. The van der Waals surface area contributed by atoms with Gasteiger partial charge in [-0.25, -0.2) is 10.1 Å². The summed E-state index contributed by atoms with van der Waals surface area (Å²) in [4.78, 5) is 12.0. The molecule has 0 aliphatic rings. The predicted molar refractivity (Wildman–Crippen MR) is 95.2 cm³/mol. The second-order valence-corrected chi connectivity index (χ2v) is 5.43. The minimum absolute atomic E-state index is 0.0803. The van der Waals surface area contributed by atoms with E-state index in [9.17, 15) is 4.79 Å². The van der Waals surface area contributed by atoms with Crippen molar-refractivity contribution in [3.05, 3.63) is 65.9 Å². The van der Waals surface area contributed by atoms with Gasteiger partial charge in [0.1, 0.15) is 0 Å². The molecule has 4 aromatic rings. The van der Waals surface area contributed by atoms with Crippen molar-refractivity contribution < 1.29 is 9.42 Å². The van der Waals surface area contributed by atoms with Crippen LogP contribution in [-0.2, 0) is 0 Å². The number of amides is 1. The molecule has 0 saturated carbocycles. The molecule has 0 bridgehead atoms. The number of aromatic nitrogens is 2. The normalized spacial score (nSPS) is 11.4. The maximum atomic E-state index is 12.0. The molecule has 1 aromatic heterocycles. The van der Waals surface area contributed by atoms with Crippen molar-refractivity contribution in [3.63, 3.8) is 0 Å². The van der Waals surface area contributed by atoms with E-state index in [1.165, 1.54) is 0 Å². The van der Waals surface area contributed by atoms with E-state index in [1.807, 2.05) is 48.5 Å². The molecule has 0 atom stereocenters. The molecular formula is C18H13N5O2. The SMILES string of the molecule is Nc1nonc1C(=O)N/N=C\c1c2ccccc2cc2ccccc12. The lowest BCUT2D eigenvalue weighted by Gasteiger charge is -2.07. The Morgan fingerprint density at radius 3 is 2.28 bits per heavy atom. The first-order valence-electron chi connectivity index (χ1n) is 7.56. The van der Waals surface area contributed by atoms with E-state index in [1.54, 1.807) is 6.21 Å². The number of hydrogen-bond donors (Lipinski definition) is 2. The third-order valence-electron chi connectivity index (χ3n) is 3.90. The summed E-state index contributed by atoms with van der Waals surface area (Å²) in [6, 6.07) is 18.2. The number of carbonyl (C=O) groups excluding carboxylic acids is 1. The summed E-state index contributed by atoms with van der Waals surface area (Å²) in [7, 11) is 0. The van der Waals surface area contributed by atoms with Gasteiger partial charge in [0, 0.05) is 5.56 Å². The van der Waals surface area contributed by atoms with Crippen molar-refractivity contribution in [3.8, 4) is 0 Å². The van der Waals surface area contributed by atoms with Crippen molar-refractivity contribution in [2.24, 2.45) is 5.10 Å². The van der Waals surface area contributed by atoms with E-state index in [4.69, 9.17) is 5.73 Å². The predicted octanol–water partition coefficient (Wildman–Crippen LogP) is 2.72. The van der Waals surface area contributed by atoms with E-state index in [2.05, 4.69) is 31.5 Å². The van der Waals surface area contributed by atoms with Crippen LogP contribution in [0, 0.1) is 0 Å². The average molecular weight is 331 g/mol. The minimum Gasteiger partial charge on any atom is -0.379 e. The Labute approximate surface area is 142 Å². The fourth-order valence-electron chi connectivity index (χ4n) is 2.75. The van der Waals surface area contributed by atoms with Gasteiger partial charge >= 0.3 is 0 Å². The zero-order chi connectivity index (χ0) is 17.2. The number of benzene rings is 3. The summed E-state index contributed by atoms with van der Waals surface area (Å²) in [6.07, 6.45) is 1.62. The van der Waals surface area contributed by atoms with Crippen LogP contribution in [0.2, 0.25) is 0 Å². The number of nitrogens with one attached hydrogen (secondary N) is 1. The lowest BCUT2D eigenvalue weighted by molar-refractivity contribution is 0.0946. The van der Waals surface area contributed by atoms with Gasteiger partial charge in [-0.3, -0.25) is 4.79 Å². The highest BCUT2D eigenvalue weighted by molar-refractivity contribution is 6.13. The first-order chi connectivity index (χ1) is 12.2. The van der Waals surface area contributed by atoms with Gasteiger partial charge in [-0.2, -0.15) is 5.10 Å². The Hall–Kier alpha value is -3.74. The first-order valence-corrected chi connectivity index (χ1v) is 7.56. The number of anilines is 1. The highest BCUT2D eigenvalue weighted by atomic mass is 16.6. The Morgan fingerprint density at radius 2 is 1.68 bits per heavy atom. The van der Waals surface area contributed by atoms with Crippen LogP contribution in [0.15, 0.2) is 64.3 Å². The number of nitrogens with zero attached hydrogens (tertiary/aromatic N) is 3. The maximum absolute atomic E-state index is 12.0. The quantitative estimate of drug-likeness (QED) is 0.341. The molecule has 3 aromatic carbocycles. The molecule has 7 nitrogen and oxygen atoms in total. The molecule has 0 unspecified atom stereocenters. The number of hydrazone groups is 1. The molecule has 0 spiro atoms. The largest absolute Gasteiger partial charge is 0.379 e. The van der Waals surface area contributed by atoms with Crippen LogP contribution in [0.5, 0.6) is 0 Å². The number of rotatable bonds is 3. The average Bonchev–Trinajstić information content (AvgIpc) is 3.07. The van der Waals surface area contributed by atoms with E-state index in [0.717, 1.165) is 27.1 Å². The molecule has 0 fully saturated rings. The Balaban J connectivity index is 1.74. The number of carbonyl (C=O) groups is 1.